The van der Waals surface area contributed by atoms with E-state index in [0.717, 1.165) is 13.0 Å². The van der Waals surface area contributed by atoms with E-state index in [4.69, 9.17) is 0 Å². The van der Waals surface area contributed by atoms with Crippen molar-refractivity contribution in [3.63, 3.8) is 0 Å². The van der Waals surface area contributed by atoms with Crippen molar-refractivity contribution in [1.82, 2.24) is 0 Å². The van der Waals surface area contributed by atoms with Crippen molar-refractivity contribution in [3.8, 4) is 0 Å². The maximum Gasteiger partial charge on any atom is 0.337 e. The van der Waals surface area contributed by atoms with Crippen molar-refractivity contribution < 1.29 is 9.28 Å². The Balaban J connectivity index is 4.17. The van der Waals surface area contributed by atoms with E-state index >= 15 is 0 Å². The van der Waals surface area contributed by atoms with Crippen LogP contribution in [0.25, 0.3) is 0 Å². The van der Waals surface area contributed by atoms with Gasteiger partial charge in [0.05, 0.1) is 20.6 Å². The van der Waals surface area contributed by atoms with Gasteiger partial charge in [-0.1, -0.05) is 13.0 Å². The molecule has 0 unspecified atom stereocenters. The molecule has 0 rings (SSSR count). The Bertz CT molecular complexity index is 159. The molecule has 0 spiro atoms. The number of likely N-dealkylation sites (N-methyl/N-ethyl adjacent to an activating group) is 1. The van der Waals surface area contributed by atoms with Crippen molar-refractivity contribution >= 4 is 5.91 Å². The molecular formula is C9H18NO+. The number of amides is 1. The van der Waals surface area contributed by atoms with Gasteiger partial charge in [-0.3, -0.25) is 4.48 Å². The summed E-state index contributed by atoms with van der Waals surface area (Å²) >= 11 is 0. The molecule has 0 saturated carbocycles. The number of hydrogen-bond acceptors (Lipinski definition) is 1. The first-order valence-corrected chi connectivity index (χ1v) is 4.04. The lowest BCUT2D eigenvalue weighted by atomic mass is 10.3. The maximum atomic E-state index is 11.3. The van der Waals surface area contributed by atoms with E-state index < -0.39 is 0 Å². The number of carbonyl (C=O) groups is 1. The monoisotopic (exact) mass is 156 g/mol. The molecule has 0 aromatic heterocycles. The lowest BCUT2D eigenvalue weighted by Gasteiger charge is -2.24. The number of carbonyl (C=O) groups excluding carboxylic acids is 1. The molecule has 0 aliphatic carbocycles. The summed E-state index contributed by atoms with van der Waals surface area (Å²) in [4.78, 5) is 11.3. The Labute approximate surface area is 69.1 Å². The zero-order valence-corrected chi connectivity index (χ0v) is 7.92. The van der Waals surface area contributed by atoms with E-state index in [1.807, 2.05) is 21.0 Å². The lowest BCUT2D eigenvalue weighted by molar-refractivity contribution is -0.811. The van der Waals surface area contributed by atoms with Crippen LogP contribution < -0.4 is 0 Å². The van der Waals surface area contributed by atoms with E-state index in [1.54, 1.807) is 12.2 Å². The van der Waals surface area contributed by atoms with Crippen molar-refractivity contribution in [2.75, 3.05) is 20.6 Å². The van der Waals surface area contributed by atoms with Crippen molar-refractivity contribution in [3.05, 3.63) is 12.2 Å². The molecule has 0 aromatic carbocycles. The van der Waals surface area contributed by atoms with E-state index in [9.17, 15) is 4.79 Å². The van der Waals surface area contributed by atoms with Gasteiger partial charge < -0.3 is 0 Å². The number of allylic oxidation sites excluding steroid dienone is 1. The molecule has 0 saturated heterocycles. The predicted octanol–water partition coefficient (Wildman–Crippen LogP) is 1.58. The van der Waals surface area contributed by atoms with Gasteiger partial charge in [0.25, 0.3) is 0 Å². The quantitative estimate of drug-likeness (QED) is 0.448. The Morgan fingerprint density at radius 2 is 2.00 bits per heavy atom. The third kappa shape index (κ3) is 3.33. The summed E-state index contributed by atoms with van der Waals surface area (Å²) in [5.74, 6) is 0.175. The largest absolute Gasteiger partial charge is 0.337 e. The van der Waals surface area contributed by atoms with Crippen LogP contribution in [0.5, 0.6) is 0 Å². The van der Waals surface area contributed by atoms with Gasteiger partial charge in [0.2, 0.25) is 0 Å². The number of quaternary nitrogens is 1. The van der Waals surface area contributed by atoms with Crippen LogP contribution in [0.1, 0.15) is 20.3 Å². The number of hydrogen-bond donors (Lipinski definition) is 0. The third-order valence-electron chi connectivity index (χ3n) is 1.69. The van der Waals surface area contributed by atoms with Gasteiger partial charge >= 0.3 is 5.91 Å². The molecule has 0 aliphatic heterocycles. The van der Waals surface area contributed by atoms with Crippen LogP contribution in [-0.4, -0.2) is 31.0 Å². The van der Waals surface area contributed by atoms with Gasteiger partial charge in [0.15, 0.2) is 0 Å². The van der Waals surface area contributed by atoms with Crippen LogP contribution in [-0.2, 0) is 4.79 Å². The molecule has 0 heterocycles. The Morgan fingerprint density at radius 3 is 2.36 bits per heavy atom. The second-order valence-electron chi connectivity index (χ2n) is 3.25. The molecule has 2 heteroatoms. The zero-order valence-electron chi connectivity index (χ0n) is 7.92. The fraction of sp³-hybridized carbons (Fsp3) is 0.667. The minimum absolute atomic E-state index is 0.175. The highest BCUT2D eigenvalue weighted by Gasteiger charge is 2.21. The molecule has 0 aliphatic rings. The fourth-order valence-corrected chi connectivity index (χ4v) is 1.01. The van der Waals surface area contributed by atoms with E-state index in [0.29, 0.717) is 4.48 Å². The Kier molecular flexibility index (Phi) is 4.04. The molecule has 0 radical (unpaired) electrons. The first kappa shape index (κ1) is 10.4. The number of nitrogens with zero attached hydrogens (tertiary/aromatic N) is 1. The maximum absolute atomic E-state index is 11.3. The van der Waals surface area contributed by atoms with Crippen molar-refractivity contribution in [1.29, 1.82) is 0 Å². The van der Waals surface area contributed by atoms with Crippen LogP contribution in [0, 0.1) is 0 Å². The molecule has 2 nitrogen and oxygen atoms in total. The highest BCUT2D eigenvalue weighted by molar-refractivity contribution is 5.81. The third-order valence-corrected chi connectivity index (χ3v) is 1.69. The van der Waals surface area contributed by atoms with Gasteiger partial charge in [-0.15, -0.1) is 0 Å². The molecular weight excluding hydrogens is 138 g/mol. The van der Waals surface area contributed by atoms with E-state index in [2.05, 4.69) is 6.92 Å². The lowest BCUT2D eigenvalue weighted by Crippen LogP contribution is -2.44. The highest BCUT2D eigenvalue weighted by atomic mass is 16.2. The van der Waals surface area contributed by atoms with Gasteiger partial charge in [-0.2, -0.15) is 0 Å². The molecule has 0 N–H and O–H groups in total. The normalized spacial score (nSPS) is 12.4. The highest BCUT2D eigenvalue weighted by Crippen LogP contribution is 2.00. The second-order valence-corrected chi connectivity index (χ2v) is 3.25. The van der Waals surface area contributed by atoms with E-state index in [1.165, 1.54) is 0 Å². The first-order valence-electron chi connectivity index (χ1n) is 4.04. The molecule has 0 atom stereocenters. The van der Waals surface area contributed by atoms with Gasteiger partial charge in [-0.05, 0) is 13.3 Å². The summed E-state index contributed by atoms with van der Waals surface area (Å²) in [6.45, 7) is 4.86. The summed E-state index contributed by atoms with van der Waals surface area (Å²) in [5.41, 5.74) is 0. The number of rotatable bonds is 3. The van der Waals surface area contributed by atoms with Crippen molar-refractivity contribution in [2.24, 2.45) is 0 Å². The van der Waals surface area contributed by atoms with Crippen molar-refractivity contribution in [2.45, 2.75) is 20.3 Å². The second kappa shape index (κ2) is 4.29. The van der Waals surface area contributed by atoms with Crippen LogP contribution >= 0.6 is 0 Å². The summed E-state index contributed by atoms with van der Waals surface area (Å²) in [7, 11) is 3.87. The average Bonchev–Trinajstić information content (AvgIpc) is 1.88. The van der Waals surface area contributed by atoms with Crippen LogP contribution in [0.2, 0.25) is 0 Å². The molecule has 0 bridgehead atoms. The standard InChI is InChI=1S/C9H18NO/c1-5-7-9(11)10(3,4)8-6-2/h5,7H,6,8H2,1-4H3/q+1. The molecule has 64 valence electrons. The molecule has 1 amide bonds. The molecule has 11 heavy (non-hydrogen) atoms. The first-order chi connectivity index (χ1) is 5.04. The summed E-state index contributed by atoms with van der Waals surface area (Å²) in [5, 5.41) is 0. The van der Waals surface area contributed by atoms with Gasteiger partial charge in [0.1, 0.15) is 0 Å². The Morgan fingerprint density at radius 1 is 1.45 bits per heavy atom. The Hall–Kier alpha value is -0.630. The van der Waals surface area contributed by atoms with Gasteiger partial charge in [0, 0.05) is 6.08 Å². The molecule has 0 fully saturated rings. The van der Waals surface area contributed by atoms with Crippen LogP contribution in [0.15, 0.2) is 12.2 Å². The summed E-state index contributed by atoms with van der Waals surface area (Å²) < 4.78 is 0.459. The summed E-state index contributed by atoms with van der Waals surface area (Å²) in [6.07, 6.45) is 4.46. The average molecular weight is 156 g/mol. The van der Waals surface area contributed by atoms with Gasteiger partial charge in [-0.25, -0.2) is 4.79 Å². The topological polar surface area (TPSA) is 17.1 Å². The van der Waals surface area contributed by atoms with E-state index in [-0.39, 0.29) is 5.91 Å². The fourth-order valence-electron chi connectivity index (χ4n) is 1.01. The smallest absolute Gasteiger partial charge is 0.261 e. The zero-order chi connectivity index (χ0) is 8.91. The SMILES string of the molecule is CC=CC(=O)[N+](C)(C)CCC. The molecule has 0 aromatic rings. The minimum atomic E-state index is 0.175. The van der Waals surface area contributed by atoms with Crippen LogP contribution in [0.3, 0.4) is 0 Å². The van der Waals surface area contributed by atoms with Crippen LogP contribution in [0.4, 0.5) is 0 Å². The summed E-state index contributed by atoms with van der Waals surface area (Å²) in [6, 6.07) is 0. The predicted molar refractivity (Wildman–Crippen MR) is 47.1 cm³/mol. The minimum Gasteiger partial charge on any atom is -0.261 e.